The van der Waals surface area contributed by atoms with Gasteiger partial charge < -0.3 is 19.2 Å². The first kappa shape index (κ1) is 20.1. The summed E-state index contributed by atoms with van der Waals surface area (Å²) in [7, 11) is -1.51. The van der Waals surface area contributed by atoms with E-state index in [9.17, 15) is 10.0 Å². The second-order valence-corrected chi connectivity index (χ2v) is 8.89. The zero-order chi connectivity index (χ0) is 23.5. The Labute approximate surface area is 202 Å². The fourth-order valence-electron chi connectivity index (χ4n) is 5.40. The minimum atomic E-state index is -1.51. The lowest BCUT2D eigenvalue weighted by Gasteiger charge is -2.11. The van der Waals surface area contributed by atoms with Gasteiger partial charge >= 0.3 is 7.12 Å². The molecule has 0 unspecified atom stereocenters. The van der Waals surface area contributed by atoms with Gasteiger partial charge in [0, 0.05) is 32.9 Å². The number of hydrogen-bond donors (Lipinski definition) is 2. The molecule has 2 aromatic heterocycles. The third-order valence-corrected chi connectivity index (χ3v) is 6.92. The fourth-order valence-corrected chi connectivity index (χ4v) is 5.40. The van der Waals surface area contributed by atoms with Gasteiger partial charge in [-0.2, -0.15) is 0 Å². The summed E-state index contributed by atoms with van der Waals surface area (Å²) in [6, 6.07) is 39.4. The van der Waals surface area contributed by atoms with Gasteiger partial charge in [0.05, 0.1) is 22.1 Å². The predicted molar refractivity (Wildman–Crippen MR) is 145 cm³/mol. The van der Waals surface area contributed by atoms with Crippen LogP contribution in [0.15, 0.2) is 115 Å². The highest BCUT2D eigenvalue weighted by Gasteiger charge is 2.17. The van der Waals surface area contributed by atoms with E-state index in [1.807, 2.05) is 24.3 Å². The van der Waals surface area contributed by atoms with E-state index in [4.69, 9.17) is 0 Å². The van der Waals surface area contributed by atoms with Gasteiger partial charge in [0.2, 0.25) is 0 Å². The Morgan fingerprint density at radius 1 is 0.429 bits per heavy atom. The van der Waals surface area contributed by atoms with Gasteiger partial charge in [0.25, 0.3) is 0 Å². The first-order valence-corrected chi connectivity index (χ1v) is 11.7. The quantitative estimate of drug-likeness (QED) is 0.345. The van der Waals surface area contributed by atoms with Gasteiger partial charge in [-0.05, 0) is 54.0 Å². The van der Waals surface area contributed by atoms with E-state index in [0.717, 1.165) is 33.2 Å². The molecular formula is C30H21BN2O2. The second-order valence-electron chi connectivity index (χ2n) is 8.89. The molecule has 0 aliphatic heterocycles. The first-order valence-electron chi connectivity index (χ1n) is 11.7. The molecule has 7 rings (SSSR count). The molecule has 35 heavy (non-hydrogen) atoms. The highest BCUT2D eigenvalue weighted by Crippen LogP contribution is 2.36. The van der Waals surface area contributed by atoms with E-state index in [1.54, 1.807) is 6.07 Å². The van der Waals surface area contributed by atoms with Crippen LogP contribution in [0.4, 0.5) is 0 Å². The molecular weight excluding hydrogens is 431 g/mol. The molecule has 5 aromatic carbocycles. The summed E-state index contributed by atoms with van der Waals surface area (Å²) in [4.78, 5) is 0. The molecule has 4 nitrogen and oxygen atoms in total. The lowest BCUT2D eigenvalue weighted by atomic mass is 9.80. The van der Waals surface area contributed by atoms with Crippen molar-refractivity contribution in [3.05, 3.63) is 115 Å². The topological polar surface area (TPSA) is 50.3 Å². The predicted octanol–water partition coefficient (Wildman–Crippen LogP) is 5.56. The Morgan fingerprint density at radius 3 is 1.49 bits per heavy atom. The molecule has 7 aromatic rings. The molecule has 0 spiro atoms. The molecule has 0 fully saturated rings. The summed E-state index contributed by atoms with van der Waals surface area (Å²) < 4.78 is 4.52. The van der Waals surface area contributed by atoms with Crippen molar-refractivity contribution in [2.24, 2.45) is 0 Å². The van der Waals surface area contributed by atoms with E-state index in [2.05, 4.69) is 94.1 Å². The van der Waals surface area contributed by atoms with Crippen molar-refractivity contribution in [3.8, 4) is 11.4 Å². The van der Waals surface area contributed by atoms with Gasteiger partial charge in [0.15, 0.2) is 0 Å². The Bertz CT molecular complexity index is 1840. The monoisotopic (exact) mass is 452 g/mol. The SMILES string of the molecule is OB(O)c1cccc(-n2c3ccccc3c3cc(-n4c5ccccc5c5ccccc54)ccc32)c1. The van der Waals surface area contributed by atoms with Crippen molar-refractivity contribution in [3.63, 3.8) is 0 Å². The highest BCUT2D eigenvalue weighted by atomic mass is 16.4. The molecule has 0 aliphatic carbocycles. The Hall–Kier alpha value is -4.32. The maximum absolute atomic E-state index is 9.73. The molecule has 2 heterocycles. The summed E-state index contributed by atoms with van der Waals surface area (Å²) in [5.41, 5.74) is 6.98. The largest absolute Gasteiger partial charge is 0.488 e. The normalized spacial score (nSPS) is 11.7. The molecule has 0 bridgehead atoms. The molecule has 0 saturated heterocycles. The Morgan fingerprint density at radius 2 is 0.914 bits per heavy atom. The van der Waals surface area contributed by atoms with Crippen LogP contribution in [0, 0.1) is 0 Å². The Balaban J connectivity index is 1.55. The molecule has 0 amide bonds. The summed E-state index contributed by atoms with van der Waals surface area (Å²) in [6.45, 7) is 0. The average Bonchev–Trinajstić information content (AvgIpc) is 3.41. The molecule has 0 radical (unpaired) electrons. The average molecular weight is 452 g/mol. The van der Waals surface area contributed by atoms with Crippen molar-refractivity contribution in [2.45, 2.75) is 0 Å². The smallest absolute Gasteiger partial charge is 0.423 e. The number of nitrogens with zero attached hydrogens (tertiary/aromatic N) is 2. The molecule has 5 heteroatoms. The van der Waals surface area contributed by atoms with E-state index < -0.39 is 7.12 Å². The van der Waals surface area contributed by atoms with Crippen molar-refractivity contribution in [2.75, 3.05) is 0 Å². The summed E-state index contributed by atoms with van der Waals surface area (Å²) >= 11 is 0. The minimum absolute atomic E-state index is 0.468. The van der Waals surface area contributed by atoms with Gasteiger partial charge in [-0.15, -0.1) is 0 Å². The summed E-state index contributed by atoms with van der Waals surface area (Å²) in [5.74, 6) is 0. The van der Waals surface area contributed by atoms with Crippen LogP contribution in [-0.4, -0.2) is 26.3 Å². The van der Waals surface area contributed by atoms with Crippen LogP contribution in [0.2, 0.25) is 0 Å². The molecule has 166 valence electrons. The number of hydrogen-bond acceptors (Lipinski definition) is 2. The molecule has 0 atom stereocenters. The number of para-hydroxylation sites is 3. The number of fused-ring (bicyclic) bond motifs is 6. The van der Waals surface area contributed by atoms with Gasteiger partial charge in [-0.1, -0.05) is 66.7 Å². The number of benzene rings is 5. The first-order chi connectivity index (χ1) is 17.2. The fraction of sp³-hybridized carbons (Fsp3) is 0. The van der Waals surface area contributed by atoms with Gasteiger partial charge in [0.1, 0.15) is 0 Å². The van der Waals surface area contributed by atoms with Crippen LogP contribution in [0.5, 0.6) is 0 Å². The van der Waals surface area contributed by atoms with Crippen LogP contribution in [0.25, 0.3) is 55.0 Å². The molecule has 0 aliphatic rings. The van der Waals surface area contributed by atoms with Crippen molar-refractivity contribution >= 4 is 56.2 Å². The van der Waals surface area contributed by atoms with E-state index >= 15 is 0 Å². The van der Waals surface area contributed by atoms with Crippen LogP contribution in [-0.2, 0) is 0 Å². The molecule has 0 saturated carbocycles. The summed E-state index contributed by atoms with van der Waals surface area (Å²) in [5, 5.41) is 24.2. The lowest BCUT2D eigenvalue weighted by Crippen LogP contribution is -2.29. The Kier molecular flexibility index (Phi) is 4.36. The third-order valence-electron chi connectivity index (χ3n) is 6.92. The minimum Gasteiger partial charge on any atom is -0.423 e. The van der Waals surface area contributed by atoms with E-state index in [1.165, 1.54) is 21.8 Å². The third kappa shape index (κ3) is 2.96. The maximum Gasteiger partial charge on any atom is 0.488 e. The standard InChI is InChI=1S/C30H21BN2O2/c34-31(35)20-8-7-9-21(18-20)32-29-15-6-3-12-25(29)26-19-22(16-17-30(26)32)33-27-13-4-1-10-23(27)24-11-2-5-14-28(24)33/h1-19,34-35H. The van der Waals surface area contributed by atoms with Gasteiger partial charge in [-0.3, -0.25) is 0 Å². The number of aromatic nitrogens is 2. The van der Waals surface area contributed by atoms with Crippen molar-refractivity contribution < 1.29 is 10.0 Å². The molecule has 2 N–H and O–H groups in total. The van der Waals surface area contributed by atoms with Crippen LogP contribution >= 0.6 is 0 Å². The summed E-state index contributed by atoms with van der Waals surface area (Å²) in [6.07, 6.45) is 0. The van der Waals surface area contributed by atoms with Crippen LogP contribution in [0.1, 0.15) is 0 Å². The van der Waals surface area contributed by atoms with Crippen LogP contribution < -0.4 is 5.46 Å². The number of rotatable bonds is 3. The van der Waals surface area contributed by atoms with Crippen molar-refractivity contribution in [1.29, 1.82) is 0 Å². The zero-order valence-electron chi connectivity index (χ0n) is 18.8. The second kappa shape index (κ2) is 7.60. The maximum atomic E-state index is 9.73. The van der Waals surface area contributed by atoms with Crippen molar-refractivity contribution in [1.82, 2.24) is 9.13 Å². The van der Waals surface area contributed by atoms with E-state index in [0.29, 0.717) is 5.46 Å². The zero-order valence-corrected chi connectivity index (χ0v) is 18.8. The highest BCUT2D eigenvalue weighted by molar-refractivity contribution is 6.58. The van der Waals surface area contributed by atoms with E-state index in [-0.39, 0.29) is 0 Å². The lowest BCUT2D eigenvalue weighted by molar-refractivity contribution is 0.426. The van der Waals surface area contributed by atoms with Gasteiger partial charge in [-0.25, -0.2) is 0 Å². The van der Waals surface area contributed by atoms with Crippen LogP contribution in [0.3, 0.4) is 0 Å².